The van der Waals surface area contributed by atoms with Gasteiger partial charge in [0.15, 0.2) is 5.96 Å². The molecule has 0 saturated carbocycles. The fourth-order valence-corrected chi connectivity index (χ4v) is 3.84. The predicted molar refractivity (Wildman–Crippen MR) is 137 cm³/mol. The predicted octanol–water partition coefficient (Wildman–Crippen LogP) is 2.15. The van der Waals surface area contributed by atoms with Crippen LogP contribution in [0.2, 0.25) is 0 Å². The Labute approximate surface area is 204 Å². The van der Waals surface area contributed by atoms with Crippen molar-refractivity contribution < 1.29 is 17.9 Å². The molecule has 0 bridgehead atoms. The van der Waals surface area contributed by atoms with Crippen molar-refractivity contribution in [2.75, 3.05) is 58.4 Å². The summed E-state index contributed by atoms with van der Waals surface area (Å²) in [7, 11) is -1.26. The number of rotatable bonds is 11. The fourth-order valence-electron chi connectivity index (χ4n) is 3.25. The van der Waals surface area contributed by atoms with Gasteiger partial charge in [-0.25, -0.2) is 8.42 Å². The van der Waals surface area contributed by atoms with Crippen LogP contribution in [0.4, 0.5) is 0 Å². The fraction of sp³-hybridized carbons (Fsp3) is 0.667. The molecule has 1 aromatic carbocycles. The number of ether oxygens (including phenoxy) is 2. The number of aliphatic imine (C=N–C) groups is 1. The van der Waals surface area contributed by atoms with E-state index >= 15 is 0 Å². The second-order valence-electron chi connectivity index (χ2n) is 7.53. The Morgan fingerprint density at radius 1 is 1.26 bits per heavy atom. The van der Waals surface area contributed by atoms with Gasteiger partial charge in [0.2, 0.25) is 0 Å². The molecular formula is C21H37IN4O4S. The number of nitrogens with zero attached hydrogens (tertiary/aromatic N) is 2. The summed E-state index contributed by atoms with van der Waals surface area (Å²) in [6.07, 6.45) is 4.07. The topological polar surface area (TPSA) is 92.3 Å². The number of halogens is 1. The highest BCUT2D eigenvalue weighted by atomic mass is 127. The highest BCUT2D eigenvalue weighted by Gasteiger charge is 2.20. The van der Waals surface area contributed by atoms with E-state index in [2.05, 4.69) is 27.4 Å². The molecule has 0 aliphatic carbocycles. The van der Waals surface area contributed by atoms with Crippen molar-refractivity contribution in [2.24, 2.45) is 4.99 Å². The van der Waals surface area contributed by atoms with Gasteiger partial charge in [-0.2, -0.15) is 0 Å². The van der Waals surface area contributed by atoms with Gasteiger partial charge in [-0.1, -0.05) is 6.07 Å². The zero-order chi connectivity index (χ0) is 21.8. The normalized spacial score (nSPS) is 15.8. The first-order chi connectivity index (χ1) is 14.4. The van der Waals surface area contributed by atoms with Crippen molar-refractivity contribution in [1.82, 2.24) is 15.5 Å². The van der Waals surface area contributed by atoms with E-state index in [0.29, 0.717) is 25.7 Å². The molecule has 31 heavy (non-hydrogen) atoms. The minimum Gasteiger partial charge on any atom is -0.497 e. The number of guanidine groups is 1. The lowest BCUT2D eigenvalue weighted by molar-refractivity contribution is 0.216. The van der Waals surface area contributed by atoms with Crippen molar-refractivity contribution >= 4 is 39.8 Å². The number of hydrogen-bond donors (Lipinski definition) is 2. The van der Waals surface area contributed by atoms with Gasteiger partial charge in [-0.05, 0) is 31.9 Å². The first kappa shape index (κ1) is 27.8. The summed E-state index contributed by atoms with van der Waals surface area (Å²) < 4.78 is 33.6. The summed E-state index contributed by atoms with van der Waals surface area (Å²) in [6, 6.07) is 7.94. The number of benzene rings is 1. The molecule has 1 saturated heterocycles. The standard InChI is InChI=1S/C21H36N4O4S.HI/c1-4-22-21(23-11-6-15-29-20-8-5-7-19(17-20)28-2)24-18-9-12-25(13-10-18)14-16-30(3,26)27;/h5,7-8,17-18H,4,6,9-16H2,1-3H3,(H2,22,23,24);1H. The number of sulfone groups is 1. The maximum absolute atomic E-state index is 11.3. The third-order valence-corrected chi connectivity index (χ3v) is 5.86. The number of methoxy groups -OCH3 is 1. The quantitative estimate of drug-likeness (QED) is 0.183. The molecule has 0 atom stereocenters. The summed E-state index contributed by atoms with van der Waals surface area (Å²) in [4.78, 5) is 6.88. The third-order valence-electron chi connectivity index (χ3n) is 4.93. The molecule has 1 heterocycles. The van der Waals surface area contributed by atoms with E-state index in [1.54, 1.807) is 7.11 Å². The zero-order valence-electron chi connectivity index (χ0n) is 18.8. The Balaban J connectivity index is 0.00000480. The minimum atomic E-state index is -2.90. The average molecular weight is 569 g/mol. The molecule has 0 amide bonds. The SMILES string of the molecule is CCNC(=NCCCOc1cccc(OC)c1)NC1CCN(CCS(C)(=O)=O)CC1.I. The Morgan fingerprint density at radius 3 is 2.61 bits per heavy atom. The maximum atomic E-state index is 11.3. The van der Waals surface area contributed by atoms with Crippen LogP contribution in [0.5, 0.6) is 11.5 Å². The van der Waals surface area contributed by atoms with Gasteiger partial charge in [-0.15, -0.1) is 24.0 Å². The van der Waals surface area contributed by atoms with Crippen molar-refractivity contribution in [2.45, 2.75) is 32.2 Å². The van der Waals surface area contributed by atoms with Gasteiger partial charge in [0, 0.05) is 57.5 Å². The van der Waals surface area contributed by atoms with Gasteiger partial charge in [0.05, 0.1) is 19.5 Å². The van der Waals surface area contributed by atoms with Gasteiger partial charge < -0.3 is 25.0 Å². The molecule has 10 heteroatoms. The Morgan fingerprint density at radius 2 is 1.97 bits per heavy atom. The van der Waals surface area contributed by atoms with Gasteiger partial charge in [-0.3, -0.25) is 4.99 Å². The van der Waals surface area contributed by atoms with Crippen LogP contribution in [0, 0.1) is 0 Å². The summed E-state index contributed by atoms with van der Waals surface area (Å²) in [5.41, 5.74) is 0. The zero-order valence-corrected chi connectivity index (χ0v) is 21.9. The molecule has 2 rings (SSSR count). The lowest BCUT2D eigenvalue weighted by atomic mass is 10.1. The molecule has 1 fully saturated rings. The van der Waals surface area contributed by atoms with Crippen LogP contribution in [0.1, 0.15) is 26.2 Å². The van der Waals surface area contributed by atoms with E-state index in [1.807, 2.05) is 24.3 Å². The van der Waals surface area contributed by atoms with E-state index < -0.39 is 9.84 Å². The van der Waals surface area contributed by atoms with E-state index in [0.717, 1.165) is 56.4 Å². The number of piperidine rings is 1. The summed E-state index contributed by atoms with van der Waals surface area (Å²) in [5.74, 6) is 2.64. The van der Waals surface area contributed by atoms with Gasteiger partial charge >= 0.3 is 0 Å². The molecule has 8 nitrogen and oxygen atoms in total. The van der Waals surface area contributed by atoms with E-state index in [1.165, 1.54) is 6.26 Å². The third kappa shape index (κ3) is 11.8. The van der Waals surface area contributed by atoms with E-state index in [-0.39, 0.29) is 29.7 Å². The first-order valence-corrected chi connectivity index (χ1v) is 12.7. The smallest absolute Gasteiger partial charge is 0.191 e. The summed E-state index contributed by atoms with van der Waals surface area (Å²) >= 11 is 0. The molecule has 1 aromatic rings. The highest BCUT2D eigenvalue weighted by molar-refractivity contribution is 14.0. The number of hydrogen-bond acceptors (Lipinski definition) is 6. The summed E-state index contributed by atoms with van der Waals surface area (Å²) in [6.45, 7) is 6.55. The van der Waals surface area contributed by atoms with E-state index in [4.69, 9.17) is 9.47 Å². The lowest BCUT2D eigenvalue weighted by Gasteiger charge is -2.32. The van der Waals surface area contributed by atoms with Gasteiger partial charge in [0.25, 0.3) is 0 Å². The van der Waals surface area contributed by atoms with Crippen LogP contribution in [0.25, 0.3) is 0 Å². The molecule has 0 radical (unpaired) electrons. The molecule has 178 valence electrons. The monoisotopic (exact) mass is 568 g/mol. The van der Waals surface area contributed by atoms with Crippen LogP contribution < -0.4 is 20.1 Å². The van der Waals surface area contributed by atoms with Crippen LogP contribution in [-0.4, -0.2) is 83.8 Å². The summed E-state index contributed by atoms with van der Waals surface area (Å²) in [5, 5.41) is 6.81. The van der Waals surface area contributed by atoms with Crippen LogP contribution in [0.3, 0.4) is 0 Å². The molecular weight excluding hydrogens is 531 g/mol. The Hall–Kier alpha value is -1.27. The average Bonchev–Trinajstić information content (AvgIpc) is 2.72. The molecule has 2 N–H and O–H groups in total. The van der Waals surface area contributed by atoms with Crippen LogP contribution in [0.15, 0.2) is 29.3 Å². The second-order valence-corrected chi connectivity index (χ2v) is 9.79. The second kappa shape index (κ2) is 14.7. The van der Waals surface area contributed by atoms with Crippen molar-refractivity contribution in [3.05, 3.63) is 24.3 Å². The largest absolute Gasteiger partial charge is 0.497 e. The van der Waals surface area contributed by atoms with Crippen molar-refractivity contribution in [1.29, 1.82) is 0 Å². The Kier molecular flexibility index (Phi) is 13.2. The lowest BCUT2D eigenvalue weighted by Crippen LogP contribution is -2.49. The van der Waals surface area contributed by atoms with Crippen molar-refractivity contribution in [3.8, 4) is 11.5 Å². The van der Waals surface area contributed by atoms with Crippen LogP contribution in [-0.2, 0) is 9.84 Å². The van der Waals surface area contributed by atoms with Crippen LogP contribution >= 0.6 is 24.0 Å². The maximum Gasteiger partial charge on any atom is 0.191 e. The molecule has 1 aliphatic rings. The highest BCUT2D eigenvalue weighted by Crippen LogP contribution is 2.18. The molecule has 0 unspecified atom stereocenters. The molecule has 1 aliphatic heterocycles. The van der Waals surface area contributed by atoms with E-state index in [9.17, 15) is 8.42 Å². The first-order valence-electron chi connectivity index (χ1n) is 10.6. The van der Waals surface area contributed by atoms with Gasteiger partial charge in [0.1, 0.15) is 21.3 Å². The molecule has 0 spiro atoms. The van der Waals surface area contributed by atoms with Crippen molar-refractivity contribution in [3.63, 3.8) is 0 Å². The number of nitrogens with one attached hydrogen (secondary N) is 2. The minimum absolute atomic E-state index is 0. The Bertz CT molecular complexity index is 768. The molecule has 0 aromatic heterocycles. The number of likely N-dealkylation sites (tertiary alicyclic amines) is 1.